The van der Waals surface area contributed by atoms with Crippen LogP contribution >= 0.6 is 0 Å². The quantitative estimate of drug-likeness (QED) is 0.766. The van der Waals surface area contributed by atoms with E-state index in [-0.39, 0.29) is 22.6 Å². The van der Waals surface area contributed by atoms with E-state index >= 15 is 0 Å². The molecule has 130 valence electrons. The van der Waals surface area contributed by atoms with Crippen molar-refractivity contribution in [3.8, 4) is 0 Å². The first kappa shape index (κ1) is 15.3. The van der Waals surface area contributed by atoms with Gasteiger partial charge in [-0.15, -0.1) is 0 Å². The highest BCUT2D eigenvalue weighted by atomic mass is 16.2. The molecule has 5 heteroatoms. The van der Waals surface area contributed by atoms with Gasteiger partial charge in [0.25, 0.3) is 11.5 Å². The maximum absolute atomic E-state index is 12.7. The van der Waals surface area contributed by atoms with Crippen molar-refractivity contribution in [2.24, 2.45) is 5.92 Å². The number of aromatic amines is 1. The lowest BCUT2D eigenvalue weighted by atomic mass is 9.95. The van der Waals surface area contributed by atoms with E-state index in [1.54, 1.807) is 18.2 Å². The van der Waals surface area contributed by atoms with Gasteiger partial charge in [0, 0.05) is 17.3 Å². The zero-order chi connectivity index (χ0) is 17.7. The van der Waals surface area contributed by atoms with Crippen molar-refractivity contribution < 1.29 is 4.79 Å². The lowest BCUT2D eigenvalue weighted by Crippen LogP contribution is -2.29. The van der Waals surface area contributed by atoms with E-state index in [2.05, 4.69) is 39.8 Å². The molecular formula is C21H19N3O2. The summed E-state index contributed by atoms with van der Waals surface area (Å²) < 4.78 is 0. The van der Waals surface area contributed by atoms with Crippen LogP contribution in [-0.2, 0) is 11.8 Å². The Hall–Kier alpha value is -2.95. The van der Waals surface area contributed by atoms with Gasteiger partial charge in [-0.05, 0) is 42.4 Å². The molecule has 0 unspecified atom stereocenters. The van der Waals surface area contributed by atoms with Gasteiger partial charge in [0.1, 0.15) is 0 Å². The van der Waals surface area contributed by atoms with Gasteiger partial charge in [-0.2, -0.15) is 5.10 Å². The van der Waals surface area contributed by atoms with Gasteiger partial charge in [-0.3, -0.25) is 9.59 Å². The van der Waals surface area contributed by atoms with Gasteiger partial charge in [-0.1, -0.05) is 42.5 Å². The monoisotopic (exact) mass is 345 g/mol. The maximum Gasteiger partial charge on any atom is 0.272 e. The van der Waals surface area contributed by atoms with E-state index in [0.717, 1.165) is 12.8 Å². The average Bonchev–Trinajstić information content (AvgIpc) is 3.26. The van der Waals surface area contributed by atoms with Crippen LogP contribution in [0.25, 0.3) is 10.8 Å². The third kappa shape index (κ3) is 2.20. The predicted molar refractivity (Wildman–Crippen MR) is 99.2 cm³/mol. The number of carbonyl (C=O) groups excluding carboxylic acids is 1. The van der Waals surface area contributed by atoms with Crippen molar-refractivity contribution in [2.75, 3.05) is 6.54 Å². The number of H-pyrrole nitrogens is 1. The Labute approximate surface area is 150 Å². The minimum absolute atomic E-state index is 0.231. The highest BCUT2D eigenvalue weighted by Gasteiger charge is 2.57. The Balaban J connectivity index is 1.35. The molecule has 5 nitrogen and oxygen atoms in total. The Morgan fingerprint density at radius 3 is 2.81 bits per heavy atom. The van der Waals surface area contributed by atoms with Gasteiger partial charge < -0.3 is 5.32 Å². The number of carbonyl (C=O) groups is 1. The fourth-order valence-corrected chi connectivity index (χ4v) is 4.59. The summed E-state index contributed by atoms with van der Waals surface area (Å²) in [5.41, 5.74) is 3.17. The van der Waals surface area contributed by atoms with Crippen LogP contribution in [0.4, 0.5) is 0 Å². The van der Waals surface area contributed by atoms with Crippen molar-refractivity contribution >= 4 is 16.7 Å². The highest BCUT2D eigenvalue weighted by Crippen LogP contribution is 2.61. The standard InChI is InChI=1S/C21H19N3O2/c25-19-16-7-3-2-6-15(16)18(23-24-19)20(26)22-12-14-11-21(14)10-9-13-5-1-4-8-17(13)21/h1-8,14H,9-12H2,(H,22,26)(H,24,25)/t14-,21+/m0/s1. The molecule has 0 radical (unpaired) electrons. The average molecular weight is 345 g/mol. The van der Waals surface area contributed by atoms with E-state index in [1.165, 1.54) is 17.5 Å². The highest BCUT2D eigenvalue weighted by molar-refractivity contribution is 6.04. The van der Waals surface area contributed by atoms with Gasteiger partial charge in [-0.25, -0.2) is 5.10 Å². The molecule has 1 amide bonds. The SMILES string of the molecule is O=C(NC[C@@H]1C[C@]12CCc1ccccc12)c1n[nH]c(=O)c2ccccc12. The third-order valence-electron chi connectivity index (χ3n) is 6.05. The predicted octanol–water partition coefficient (Wildman–Crippen LogP) is 2.56. The van der Waals surface area contributed by atoms with Crippen LogP contribution in [0.15, 0.2) is 53.3 Å². The molecule has 2 aliphatic rings. The molecule has 2 N–H and O–H groups in total. The van der Waals surface area contributed by atoms with Crippen LogP contribution in [0.1, 0.15) is 34.5 Å². The second-order valence-corrected chi connectivity index (χ2v) is 7.37. The first-order chi connectivity index (χ1) is 12.7. The summed E-state index contributed by atoms with van der Waals surface area (Å²) in [5.74, 6) is 0.245. The summed E-state index contributed by atoms with van der Waals surface area (Å²) in [5, 5.41) is 10.5. The van der Waals surface area contributed by atoms with Crippen LogP contribution in [-0.4, -0.2) is 22.6 Å². The van der Waals surface area contributed by atoms with Crippen LogP contribution in [0, 0.1) is 5.92 Å². The molecule has 1 heterocycles. The molecule has 0 bridgehead atoms. The minimum atomic E-state index is -0.277. The summed E-state index contributed by atoms with van der Waals surface area (Å²) in [6.45, 7) is 0.641. The van der Waals surface area contributed by atoms with Crippen molar-refractivity contribution in [3.63, 3.8) is 0 Å². The van der Waals surface area contributed by atoms with Crippen LogP contribution < -0.4 is 10.9 Å². The normalized spacial score (nSPS) is 23.2. The largest absolute Gasteiger partial charge is 0.350 e. The topological polar surface area (TPSA) is 74.8 Å². The molecular weight excluding hydrogens is 326 g/mol. The minimum Gasteiger partial charge on any atom is -0.350 e. The van der Waals surface area contributed by atoms with Gasteiger partial charge in [0.15, 0.2) is 5.69 Å². The maximum atomic E-state index is 12.7. The van der Waals surface area contributed by atoms with E-state index in [1.807, 2.05) is 6.07 Å². The molecule has 3 aromatic rings. The lowest BCUT2D eigenvalue weighted by Gasteiger charge is -2.12. The van der Waals surface area contributed by atoms with Crippen molar-refractivity contribution in [1.29, 1.82) is 0 Å². The first-order valence-corrected chi connectivity index (χ1v) is 9.03. The lowest BCUT2D eigenvalue weighted by molar-refractivity contribution is 0.0946. The number of aromatic nitrogens is 2. The summed E-state index contributed by atoms with van der Waals surface area (Å²) >= 11 is 0. The molecule has 1 aromatic heterocycles. The second kappa shape index (κ2) is 5.53. The van der Waals surface area contributed by atoms with Crippen molar-refractivity contribution in [3.05, 3.63) is 75.7 Å². The summed E-state index contributed by atoms with van der Waals surface area (Å²) in [6, 6.07) is 15.7. The molecule has 2 atom stereocenters. The fraction of sp³-hybridized carbons (Fsp3) is 0.286. The number of nitrogens with zero attached hydrogens (tertiary/aromatic N) is 1. The number of aryl methyl sites for hydroxylation is 1. The number of amides is 1. The van der Waals surface area contributed by atoms with Gasteiger partial charge in [0.05, 0.1) is 5.39 Å². The van der Waals surface area contributed by atoms with Gasteiger partial charge >= 0.3 is 0 Å². The smallest absolute Gasteiger partial charge is 0.272 e. The molecule has 0 saturated heterocycles. The first-order valence-electron chi connectivity index (χ1n) is 9.03. The number of hydrogen-bond donors (Lipinski definition) is 2. The third-order valence-corrected chi connectivity index (χ3v) is 6.05. The summed E-state index contributed by atoms with van der Waals surface area (Å²) in [4.78, 5) is 24.5. The molecule has 5 rings (SSSR count). The zero-order valence-corrected chi connectivity index (χ0v) is 14.3. The van der Waals surface area contributed by atoms with Crippen LogP contribution in [0.3, 0.4) is 0 Å². The zero-order valence-electron chi connectivity index (χ0n) is 14.3. The van der Waals surface area contributed by atoms with Crippen molar-refractivity contribution in [1.82, 2.24) is 15.5 Å². The molecule has 0 aliphatic heterocycles. The summed E-state index contributed by atoms with van der Waals surface area (Å²) in [7, 11) is 0. The van der Waals surface area contributed by atoms with E-state index in [4.69, 9.17) is 0 Å². The Morgan fingerprint density at radius 1 is 1.15 bits per heavy atom. The van der Waals surface area contributed by atoms with Gasteiger partial charge in [0.2, 0.25) is 0 Å². The summed E-state index contributed by atoms with van der Waals surface area (Å²) in [6.07, 6.45) is 3.43. The molecule has 1 spiro atoms. The Kier molecular flexibility index (Phi) is 3.26. The fourth-order valence-electron chi connectivity index (χ4n) is 4.59. The van der Waals surface area contributed by atoms with Crippen LogP contribution in [0.2, 0.25) is 0 Å². The number of nitrogens with one attached hydrogen (secondary N) is 2. The number of benzene rings is 2. The van der Waals surface area contributed by atoms with Crippen molar-refractivity contribution in [2.45, 2.75) is 24.7 Å². The molecule has 1 saturated carbocycles. The molecule has 26 heavy (non-hydrogen) atoms. The van der Waals surface area contributed by atoms with E-state index in [9.17, 15) is 9.59 Å². The molecule has 2 aliphatic carbocycles. The van der Waals surface area contributed by atoms with E-state index in [0.29, 0.717) is 23.2 Å². The Morgan fingerprint density at radius 2 is 1.92 bits per heavy atom. The van der Waals surface area contributed by atoms with Crippen LogP contribution in [0.5, 0.6) is 0 Å². The number of hydrogen-bond acceptors (Lipinski definition) is 3. The molecule has 2 aromatic carbocycles. The van der Waals surface area contributed by atoms with E-state index < -0.39 is 0 Å². The number of fused-ring (bicyclic) bond motifs is 3. The number of rotatable bonds is 3. The second-order valence-electron chi connectivity index (χ2n) is 7.37. The Bertz CT molecular complexity index is 1090. The molecule has 1 fully saturated rings.